The molecule has 0 unspecified atom stereocenters. The van der Waals surface area contributed by atoms with E-state index in [1.54, 1.807) is 18.2 Å². The number of rotatable bonds is 8. The van der Waals surface area contributed by atoms with Gasteiger partial charge in [0.25, 0.3) is 5.92 Å². The molecule has 0 aliphatic heterocycles. The summed E-state index contributed by atoms with van der Waals surface area (Å²) in [5.41, 5.74) is -0.164. The van der Waals surface area contributed by atoms with Crippen molar-refractivity contribution in [3.05, 3.63) is 68.2 Å². The fraction of sp³-hybridized carbons (Fsp3) is 0.238. The van der Waals surface area contributed by atoms with Crippen molar-refractivity contribution in [1.29, 1.82) is 0 Å². The zero-order chi connectivity index (χ0) is 23.5. The van der Waals surface area contributed by atoms with Gasteiger partial charge in [-0.05, 0) is 42.4 Å². The van der Waals surface area contributed by atoms with Crippen LogP contribution in [0.2, 0.25) is 10.0 Å². The van der Waals surface area contributed by atoms with Crippen LogP contribution in [0.5, 0.6) is 5.75 Å². The summed E-state index contributed by atoms with van der Waals surface area (Å²) in [6.07, 6.45) is 0. The molecule has 0 aliphatic carbocycles. The fourth-order valence-electron chi connectivity index (χ4n) is 2.85. The number of esters is 1. The summed E-state index contributed by atoms with van der Waals surface area (Å²) in [7, 11) is 0. The molecule has 0 fully saturated rings. The van der Waals surface area contributed by atoms with Gasteiger partial charge in [0.05, 0.1) is 10.0 Å². The average Bonchev–Trinajstić information content (AvgIpc) is 3.11. The lowest BCUT2D eigenvalue weighted by Crippen LogP contribution is -2.14. The minimum Gasteiger partial charge on any atom is -0.870 e. The predicted molar refractivity (Wildman–Crippen MR) is 116 cm³/mol. The first kappa shape index (κ1) is 26.2. The van der Waals surface area contributed by atoms with E-state index in [1.165, 1.54) is 13.0 Å². The Morgan fingerprint density at radius 2 is 1.85 bits per heavy atom. The Kier molecular flexibility index (Phi) is 8.48. The van der Waals surface area contributed by atoms with Gasteiger partial charge >= 0.3 is 5.97 Å². The zero-order valence-corrected chi connectivity index (χ0v) is 18.8. The van der Waals surface area contributed by atoms with Gasteiger partial charge in [-0.3, -0.25) is 0 Å². The Bertz CT molecular complexity index is 1140. The second-order valence-corrected chi connectivity index (χ2v) is 7.52. The summed E-state index contributed by atoms with van der Waals surface area (Å²) in [6, 6.07) is 8.09. The number of aryl methyl sites for hydroxylation is 1. The molecule has 12 heteroatoms. The molecular weight excluding hydrogens is 485 g/mol. The molecular formula is C21H17Cl2F2N2O6-. The van der Waals surface area contributed by atoms with Crippen molar-refractivity contribution >= 4 is 34.9 Å². The van der Waals surface area contributed by atoms with Crippen LogP contribution in [0.25, 0.3) is 11.3 Å². The van der Waals surface area contributed by atoms with Crippen LogP contribution in [-0.2, 0) is 10.7 Å². The summed E-state index contributed by atoms with van der Waals surface area (Å²) >= 11 is 12.4. The molecule has 0 atom stereocenters. The fourth-order valence-corrected chi connectivity index (χ4v) is 3.43. The maximum Gasteiger partial charge on any atom is 0.344 e. The summed E-state index contributed by atoms with van der Waals surface area (Å²) in [5.74, 6) is -3.71. The van der Waals surface area contributed by atoms with Crippen LogP contribution >= 0.6 is 23.2 Å². The number of nitroso groups, excluding NO2 is 1. The number of ether oxygens (including phenoxy) is 2. The number of aromatic nitrogens is 1. The van der Waals surface area contributed by atoms with Crippen molar-refractivity contribution in [2.24, 2.45) is 5.18 Å². The van der Waals surface area contributed by atoms with Gasteiger partial charge in [0.1, 0.15) is 41.7 Å². The largest absolute Gasteiger partial charge is 0.870 e. The van der Waals surface area contributed by atoms with E-state index in [0.29, 0.717) is 12.5 Å². The molecule has 1 aromatic heterocycles. The van der Waals surface area contributed by atoms with Gasteiger partial charge in [-0.15, -0.1) is 4.91 Å². The summed E-state index contributed by atoms with van der Waals surface area (Å²) in [5, 5.41) is 7.13. The molecule has 0 radical (unpaired) electrons. The highest BCUT2D eigenvalue weighted by molar-refractivity contribution is 6.39. The van der Waals surface area contributed by atoms with Crippen molar-refractivity contribution in [1.82, 2.24) is 5.16 Å². The molecule has 8 nitrogen and oxygen atoms in total. The first-order valence-corrected chi connectivity index (χ1v) is 9.95. The van der Waals surface area contributed by atoms with Crippen molar-refractivity contribution in [2.75, 3.05) is 13.2 Å². The van der Waals surface area contributed by atoms with Gasteiger partial charge in [-0.25, -0.2) is 13.6 Å². The Morgan fingerprint density at radius 3 is 2.45 bits per heavy atom. The molecule has 33 heavy (non-hydrogen) atoms. The highest BCUT2D eigenvalue weighted by atomic mass is 35.5. The number of halogens is 4. The lowest BCUT2D eigenvalue weighted by molar-refractivity contribution is 0.0174. The first-order chi connectivity index (χ1) is 15.1. The molecule has 1 N–H and O–H groups in total. The third kappa shape index (κ3) is 5.84. The lowest BCUT2D eigenvalue weighted by Gasteiger charge is -2.13. The van der Waals surface area contributed by atoms with E-state index in [1.807, 2.05) is 0 Å². The predicted octanol–water partition coefficient (Wildman–Crippen LogP) is 6.53. The van der Waals surface area contributed by atoms with Crippen molar-refractivity contribution in [3.8, 4) is 17.0 Å². The van der Waals surface area contributed by atoms with Crippen molar-refractivity contribution < 1.29 is 33.0 Å². The molecule has 1 heterocycles. The third-order valence-corrected chi connectivity index (χ3v) is 5.03. The Labute approximate surface area is 196 Å². The van der Waals surface area contributed by atoms with Gasteiger partial charge in [-0.1, -0.05) is 34.4 Å². The number of carbonyl (C=O) groups is 1. The molecule has 0 spiro atoms. The molecule has 0 amide bonds. The maximum absolute atomic E-state index is 13.4. The van der Waals surface area contributed by atoms with Gasteiger partial charge in [0.15, 0.2) is 0 Å². The summed E-state index contributed by atoms with van der Waals surface area (Å²) < 4.78 is 42.5. The zero-order valence-electron chi connectivity index (χ0n) is 17.3. The Balaban J connectivity index is 0.00000385. The number of hydrogen-bond donors (Lipinski definition) is 0. The van der Waals surface area contributed by atoms with E-state index in [0.717, 1.165) is 12.1 Å². The van der Waals surface area contributed by atoms with E-state index in [4.69, 9.17) is 37.2 Å². The third-order valence-electron chi connectivity index (χ3n) is 4.40. The quantitative estimate of drug-likeness (QED) is 0.195. The molecule has 2 aromatic carbocycles. The number of nitrogens with zero attached hydrogens (tertiary/aromatic N) is 2. The van der Waals surface area contributed by atoms with E-state index < -0.39 is 11.9 Å². The number of hydrogen-bond acceptors (Lipinski definition) is 8. The number of alkyl halides is 2. The van der Waals surface area contributed by atoms with Gasteiger partial charge in [0.2, 0.25) is 0 Å². The van der Waals surface area contributed by atoms with Crippen LogP contribution in [0.3, 0.4) is 0 Å². The van der Waals surface area contributed by atoms with Crippen LogP contribution in [0.4, 0.5) is 14.5 Å². The van der Waals surface area contributed by atoms with Crippen LogP contribution in [0.15, 0.2) is 46.1 Å². The first-order valence-electron chi connectivity index (χ1n) is 9.19. The highest BCUT2D eigenvalue weighted by Gasteiger charge is 2.27. The Hall–Kier alpha value is -3.08. The molecule has 0 saturated heterocycles. The highest BCUT2D eigenvalue weighted by Crippen LogP contribution is 2.37. The normalized spacial score (nSPS) is 11.0. The van der Waals surface area contributed by atoms with Crippen LogP contribution in [0.1, 0.15) is 28.6 Å². The van der Waals surface area contributed by atoms with Crippen LogP contribution in [0, 0.1) is 11.8 Å². The molecule has 0 saturated carbocycles. The average molecular weight is 502 g/mol. The second-order valence-electron chi connectivity index (χ2n) is 6.71. The molecule has 3 rings (SSSR count). The van der Waals surface area contributed by atoms with E-state index in [-0.39, 0.29) is 62.8 Å². The van der Waals surface area contributed by atoms with Crippen LogP contribution in [-0.4, -0.2) is 29.8 Å². The van der Waals surface area contributed by atoms with E-state index >= 15 is 0 Å². The van der Waals surface area contributed by atoms with E-state index in [9.17, 15) is 18.5 Å². The maximum atomic E-state index is 13.4. The van der Waals surface area contributed by atoms with Crippen molar-refractivity contribution in [3.63, 3.8) is 0 Å². The minimum absolute atomic E-state index is 0. The number of benzene rings is 2. The standard InChI is InChI=1S/C21H16Cl2F2N2O5.H2O/c1-11-17(19(27-32-11)18-13(22)4-3-5-14(18)23)20(28)31-9-8-30-16-7-6-12(21(2,24)25)10-15(16)26-29;/h3-7,10H,8-9H2,1-2H3;1H2/p-1. The SMILES string of the molecule is Cc1onc(-c2c(Cl)cccc2Cl)c1C(=O)OCCOc1ccc(C(C)(F)F)cc1N=O.[OH-]. The molecule has 0 bridgehead atoms. The molecule has 176 valence electrons. The minimum atomic E-state index is -3.13. The smallest absolute Gasteiger partial charge is 0.344 e. The molecule has 0 aliphatic rings. The van der Waals surface area contributed by atoms with Gasteiger partial charge in [0, 0.05) is 18.1 Å². The van der Waals surface area contributed by atoms with Crippen LogP contribution < -0.4 is 4.74 Å². The topological polar surface area (TPSA) is 121 Å². The van der Waals surface area contributed by atoms with E-state index in [2.05, 4.69) is 10.3 Å². The van der Waals surface area contributed by atoms with Gasteiger partial charge < -0.3 is 19.5 Å². The summed E-state index contributed by atoms with van der Waals surface area (Å²) in [4.78, 5) is 23.6. The summed E-state index contributed by atoms with van der Waals surface area (Å²) in [6.45, 7) is 1.85. The lowest BCUT2D eigenvalue weighted by atomic mass is 10.1. The van der Waals surface area contributed by atoms with Gasteiger partial charge in [-0.2, -0.15) is 0 Å². The Morgan fingerprint density at radius 1 is 1.18 bits per heavy atom. The van der Waals surface area contributed by atoms with Crippen molar-refractivity contribution in [2.45, 2.75) is 19.8 Å². The number of carbonyl (C=O) groups excluding carboxylic acids is 1. The second kappa shape index (κ2) is 10.7. The molecule has 3 aromatic rings. The monoisotopic (exact) mass is 501 g/mol.